The molecule has 8 heteroatoms. The fraction of sp³-hybridized carbons (Fsp3) is 0.263. The molecular formula is C19H20N2O5S. The molecule has 0 aliphatic carbocycles. The zero-order valence-electron chi connectivity index (χ0n) is 15.4. The topological polar surface area (TPSA) is 102 Å². The third-order valence-electron chi connectivity index (χ3n) is 4.59. The van der Waals surface area contributed by atoms with Gasteiger partial charge < -0.3 is 15.4 Å². The van der Waals surface area contributed by atoms with E-state index < -0.39 is 21.2 Å². The maximum absolute atomic E-state index is 12.6. The molecule has 3 rings (SSSR count). The summed E-state index contributed by atoms with van der Waals surface area (Å²) in [5.74, 6) is -0.385. The highest BCUT2D eigenvalue weighted by Gasteiger charge is 2.38. The van der Waals surface area contributed by atoms with Crippen molar-refractivity contribution in [2.45, 2.75) is 24.2 Å². The summed E-state index contributed by atoms with van der Waals surface area (Å²) in [5.41, 5.74) is 1.51. The summed E-state index contributed by atoms with van der Waals surface area (Å²) < 4.78 is 28.9. The van der Waals surface area contributed by atoms with E-state index in [1.165, 1.54) is 25.3 Å². The van der Waals surface area contributed by atoms with Gasteiger partial charge in [0.2, 0.25) is 5.91 Å². The van der Waals surface area contributed by atoms with Crippen LogP contribution in [0.3, 0.4) is 0 Å². The molecule has 1 aliphatic heterocycles. The van der Waals surface area contributed by atoms with Gasteiger partial charge in [0.05, 0.1) is 12.5 Å². The molecule has 0 radical (unpaired) electrons. The van der Waals surface area contributed by atoms with Crippen LogP contribution in [0.4, 0.5) is 11.4 Å². The monoisotopic (exact) mass is 388 g/mol. The number of sulfone groups is 1. The van der Waals surface area contributed by atoms with E-state index in [1.807, 2.05) is 13.8 Å². The lowest BCUT2D eigenvalue weighted by atomic mass is 9.86. The fourth-order valence-electron chi connectivity index (χ4n) is 2.96. The summed E-state index contributed by atoms with van der Waals surface area (Å²) in [6.45, 7) is 3.61. The first kappa shape index (κ1) is 18.9. The second-order valence-corrected chi connectivity index (χ2v) is 8.92. The first-order valence-corrected chi connectivity index (χ1v) is 10.1. The molecule has 0 atom stereocenters. The quantitative estimate of drug-likeness (QED) is 0.838. The zero-order chi connectivity index (χ0) is 20.0. The van der Waals surface area contributed by atoms with E-state index in [2.05, 4.69) is 10.6 Å². The first-order valence-electron chi connectivity index (χ1n) is 8.19. The van der Waals surface area contributed by atoms with Crippen molar-refractivity contribution in [3.05, 3.63) is 47.5 Å². The van der Waals surface area contributed by atoms with Crippen LogP contribution in [0.1, 0.15) is 29.8 Å². The van der Waals surface area contributed by atoms with Crippen LogP contribution in [0, 0.1) is 0 Å². The van der Waals surface area contributed by atoms with Crippen LogP contribution in [-0.4, -0.2) is 33.6 Å². The van der Waals surface area contributed by atoms with Crippen molar-refractivity contribution in [3.63, 3.8) is 0 Å². The summed E-state index contributed by atoms with van der Waals surface area (Å²) in [7, 11) is -2.19. The molecule has 1 heterocycles. The summed E-state index contributed by atoms with van der Waals surface area (Å²) >= 11 is 0. The Morgan fingerprint density at radius 1 is 1.15 bits per heavy atom. The van der Waals surface area contributed by atoms with Crippen LogP contribution in [0.15, 0.2) is 41.3 Å². The number of hydrogen-bond acceptors (Lipinski definition) is 5. The standard InChI is InChI=1S/C19H20N2O5S/c1-19(2)13-10-12(6-7-14(13)21-18(19)23)20-17(22)11-5-8-15(26-3)16(9-11)27(4,24)25/h5-10H,1-4H3,(H,20,22)(H,21,23). The Bertz CT molecular complexity index is 1060. The number of nitrogens with one attached hydrogen (secondary N) is 2. The van der Waals surface area contributed by atoms with Crippen molar-refractivity contribution in [1.82, 2.24) is 0 Å². The van der Waals surface area contributed by atoms with Gasteiger partial charge in [0.1, 0.15) is 10.6 Å². The Hall–Kier alpha value is -2.87. The number of carbonyl (C=O) groups excluding carboxylic acids is 2. The molecule has 2 aromatic carbocycles. The van der Waals surface area contributed by atoms with Crippen molar-refractivity contribution in [2.24, 2.45) is 0 Å². The lowest BCUT2D eigenvalue weighted by Crippen LogP contribution is -2.26. The van der Waals surface area contributed by atoms with E-state index in [4.69, 9.17) is 4.74 Å². The maximum atomic E-state index is 12.6. The Kier molecular flexibility index (Phi) is 4.47. The van der Waals surface area contributed by atoms with Gasteiger partial charge in [0, 0.05) is 23.2 Å². The SMILES string of the molecule is COc1ccc(C(=O)Nc2ccc3c(c2)C(C)(C)C(=O)N3)cc1S(C)(=O)=O. The zero-order valence-corrected chi connectivity index (χ0v) is 16.2. The highest BCUT2D eigenvalue weighted by atomic mass is 32.2. The number of anilines is 2. The Labute approximate surface area is 157 Å². The molecule has 7 nitrogen and oxygen atoms in total. The Balaban J connectivity index is 1.91. The average molecular weight is 388 g/mol. The lowest BCUT2D eigenvalue weighted by Gasteiger charge is -2.16. The van der Waals surface area contributed by atoms with Gasteiger partial charge in [-0.3, -0.25) is 9.59 Å². The van der Waals surface area contributed by atoms with E-state index in [0.29, 0.717) is 11.4 Å². The van der Waals surface area contributed by atoms with E-state index in [9.17, 15) is 18.0 Å². The minimum Gasteiger partial charge on any atom is -0.495 e. The van der Waals surface area contributed by atoms with Crippen molar-refractivity contribution < 1.29 is 22.7 Å². The number of carbonyl (C=O) groups is 2. The summed E-state index contributed by atoms with van der Waals surface area (Å²) in [6.07, 6.45) is 1.05. The summed E-state index contributed by atoms with van der Waals surface area (Å²) in [6, 6.07) is 9.37. The third-order valence-corrected chi connectivity index (χ3v) is 5.71. The van der Waals surface area contributed by atoms with E-state index in [0.717, 1.165) is 11.8 Å². The lowest BCUT2D eigenvalue weighted by molar-refractivity contribution is -0.119. The predicted octanol–water partition coefficient (Wildman–Crippen LogP) is 2.58. The second kappa shape index (κ2) is 6.38. The van der Waals surface area contributed by atoms with Gasteiger partial charge >= 0.3 is 0 Å². The predicted molar refractivity (Wildman–Crippen MR) is 102 cm³/mol. The summed E-state index contributed by atoms with van der Waals surface area (Å²) in [5, 5.41) is 5.55. The molecule has 27 heavy (non-hydrogen) atoms. The van der Waals surface area contributed by atoms with Gasteiger partial charge in [-0.15, -0.1) is 0 Å². The minimum atomic E-state index is -3.55. The molecule has 0 saturated carbocycles. The highest BCUT2D eigenvalue weighted by molar-refractivity contribution is 7.90. The van der Waals surface area contributed by atoms with Crippen LogP contribution in [0.5, 0.6) is 5.75 Å². The summed E-state index contributed by atoms with van der Waals surface area (Å²) in [4.78, 5) is 24.6. The van der Waals surface area contributed by atoms with E-state index in [-0.39, 0.29) is 22.1 Å². The van der Waals surface area contributed by atoms with Crippen LogP contribution >= 0.6 is 0 Å². The molecule has 0 aromatic heterocycles. The average Bonchev–Trinajstić information content (AvgIpc) is 2.83. The van der Waals surface area contributed by atoms with Crippen LogP contribution in [-0.2, 0) is 20.0 Å². The molecule has 2 aromatic rings. The van der Waals surface area contributed by atoms with E-state index >= 15 is 0 Å². The fourth-order valence-corrected chi connectivity index (χ4v) is 3.82. The number of hydrogen-bond donors (Lipinski definition) is 2. The van der Waals surface area contributed by atoms with Gasteiger partial charge in [-0.05, 0) is 55.8 Å². The first-order chi connectivity index (χ1) is 12.5. The maximum Gasteiger partial charge on any atom is 0.255 e. The molecule has 2 amide bonds. The molecule has 1 aliphatic rings. The number of methoxy groups -OCH3 is 1. The molecule has 0 fully saturated rings. The van der Waals surface area contributed by atoms with Crippen LogP contribution < -0.4 is 15.4 Å². The largest absolute Gasteiger partial charge is 0.495 e. The van der Waals surface area contributed by atoms with Crippen molar-refractivity contribution in [1.29, 1.82) is 0 Å². The Morgan fingerprint density at radius 3 is 2.48 bits per heavy atom. The number of ether oxygens (including phenoxy) is 1. The van der Waals surface area contributed by atoms with Gasteiger partial charge in [0.15, 0.2) is 9.84 Å². The number of rotatable bonds is 4. The third kappa shape index (κ3) is 3.40. The van der Waals surface area contributed by atoms with Gasteiger partial charge in [-0.1, -0.05) is 0 Å². The molecule has 2 N–H and O–H groups in total. The van der Waals surface area contributed by atoms with Crippen molar-refractivity contribution in [3.8, 4) is 5.75 Å². The highest BCUT2D eigenvalue weighted by Crippen LogP contribution is 2.38. The molecule has 0 spiro atoms. The van der Waals surface area contributed by atoms with E-state index in [1.54, 1.807) is 18.2 Å². The number of fused-ring (bicyclic) bond motifs is 1. The molecule has 0 bridgehead atoms. The normalized spacial score (nSPS) is 15.0. The Morgan fingerprint density at radius 2 is 1.85 bits per heavy atom. The number of amides is 2. The molecule has 0 saturated heterocycles. The molecular weight excluding hydrogens is 368 g/mol. The van der Waals surface area contributed by atoms with Crippen LogP contribution in [0.25, 0.3) is 0 Å². The minimum absolute atomic E-state index is 0.0532. The molecule has 0 unspecified atom stereocenters. The van der Waals surface area contributed by atoms with Crippen molar-refractivity contribution >= 4 is 33.0 Å². The van der Waals surface area contributed by atoms with Gasteiger partial charge in [-0.25, -0.2) is 8.42 Å². The molecule has 142 valence electrons. The van der Waals surface area contributed by atoms with Crippen molar-refractivity contribution in [2.75, 3.05) is 24.0 Å². The van der Waals surface area contributed by atoms with Gasteiger partial charge in [-0.2, -0.15) is 0 Å². The smallest absolute Gasteiger partial charge is 0.255 e. The van der Waals surface area contributed by atoms with Gasteiger partial charge in [0.25, 0.3) is 5.91 Å². The second-order valence-electron chi connectivity index (χ2n) is 6.93. The number of benzene rings is 2. The van der Waals surface area contributed by atoms with Crippen LogP contribution in [0.2, 0.25) is 0 Å².